The Morgan fingerprint density at radius 2 is 1.14 bits per heavy atom. The van der Waals surface area contributed by atoms with Gasteiger partial charge in [0, 0.05) is 23.4 Å². The Kier molecular flexibility index (Phi) is 10.8. The zero-order valence-corrected chi connectivity index (χ0v) is 29.2. The molecule has 0 saturated heterocycles. The first kappa shape index (κ1) is 31.4. The van der Waals surface area contributed by atoms with Gasteiger partial charge in [-0.1, -0.05) is 114 Å². The van der Waals surface area contributed by atoms with Crippen molar-refractivity contribution in [2.24, 2.45) is 5.73 Å². The van der Waals surface area contributed by atoms with Crippen LogP contribution in [0.1, 0.15) is 101 Å². The van der Waals surface area contributed by atoms with E-state index in [2.05, 4.69) is 79.4 Å². The molecule has 0 saturated carbocycles. The van der Waals surface area contributed by atoms with Gasteiger partial charge in [0.2, 0.25) is 0 Å². The van der Waals surface area contributed by atoms with E-state index in [4.69, 9.17) is 5.73 Å². The van der Waals surface area contributed by atoms with Crippen molar-refractivity contribution < 1.29 is 0 Å². The lowest BCUT2D eigenvalue weighted by Crippen LogP contribution is -2.16. The van der Waals surface area contributed by atoms with Crippen LogP contribution in [0, 0.1) is 23.8 Å². The van der Waals surface area contributed by atoms with E-state index in [0.29, 0.717) is 0 Å². The predicted molar refractivity (Wildman–Crippen MR) is 202 cm³/mol. The molecule has 0 aliphatic heterocycles. The second-order valence-corrected chi connectivity index (χ2v) is 16.0. The number of hydrogen-bond donors (Lipinski definition) is 2. The Bertz CT molecular complexity index is 2000. The fourth-order valence-corrected chi connectivity index (χ4v) is 11.0. The normalized spacial score (nSPS) is 12.2. The van der Waals surface area contributed by atoms with Gasteiger partial charge < -0.3 is 11.1 Å². The maximum atomic E-state index is 6.34. The van der Waals surface area contributed by atoms with Crippen LogP contribution in [0.25, 0.3) is 49.7 Å². The molecule has 1 unspecified atom stereocenters. The van der Waals surface area contributed by atoms with E-state index in [-0.39, 0.29) is 6.04 Å². The van der Waals surface area contributed by atoms with Crippen molar-refractivity contribution >= 4 is 95.1 Å². The van der Waals surface area contributed by atoms with Crippen molar-refractivity contribution in [2.45, 2.75) is 96.9 Å². The molecule has 0 bridgehead atoms. The van der Waals surface area contributed by atoms with Crippen LogP contribution in [-0.2, 0) is 0 Å². The molecule has 2 nitrogen and oxygen atoms in total. The molecule has 0 amide bonds. The highest BCUT2D eigenvalue weighted by Gasteiger charge is 2.17. The summed E-state index contributed by atoms with van der Waals surface area (Å²) < 4.78 is 8.30. The first-order chi connectivity index (χ1) is 21.7. The molecule has 228 valence electrons. The largest absolute Gasteiger partial charge is 0.346 e. The van der Waals surface area contributed by atoms with Crippen LogP contribution in [0.2, 0.25) is 0 Å². The van der Waals surface area contributed by atoms with Crippen LogP contribution in [0.5, 0.6) is 0 Å². The lowest BCUT2D eigenvalue weighted by Gasteiger charge is -2.03. The summed E-state index contributed by atoms with van der Waals surface area (Å²) in [6.07, 6.45) is 15.2. The van der Waals surface area contributed by atoms with E-state index < -0.39 is 0 Å². The molecule has 0 radical (unpaired) electrons. The number of hydrogen-bond acceptors (Lipinski definition) is 6. The minimum Gasteiger partial charge on any atom is -0.346 e. The molecule has 3 N–H and O–H groups in total. The topological polar surface area (TPSA) is 38.0 Å². The molecular formula is C38H42N2S4. The molecule has 6 aromatic rings. The zero-order chi connectivity index (χ0) is 30.3. The van der Waals surface area contributed by atoms with Gasteiger partial charge in [-0.25, -0.2) is 0 Å². The lowest BCUT2D eigenvalue weighted by molar-refractivity contribution is 0.588. The fraction of sp³-hybridized carbons (Fsp3) is 0.421. The average molecular weight is 655 g/mol. The van der Waals surface area contributed by atoms with Gasteiger partial charge in [-0.2, -0.15) is 0 Å². The fourth-order valence-electron chi connectivity index (χ4n) is 5.86. The predicted octanol–water partition coefficient (Wildman–Crippen LogP) is 12.0. The van der Waals surface area contributed by atoms with E-state index in [1.165, 1.54) is 120 Å². The number of fused-ring (bicyclic) bond motifs is 9. The summed E-state index contributed by atoms with van der Waals surface area (Å²) in [5.41, 5.74) is 6.34. The summed E-state index contributed by atoms with van der Waals surface area (Å²) in [5.74, 6) is 10.1. The Balaban J connectivity index is 1.19. The van der Waals surface area contributed by atoms with Crippen LogP contribution >= 0.6 is 45.3 Å². The highest BCUT2D eigenvalue weighted by Crippen LogP contribution is 2.50. The van der Waals surface area contributed by atoms with Crippen LogP contribution in [0.3, 0.4) is 0 Å². The van der Waals surface area contributed by atoms with Crippen LogP contribution in [-0.4, -0.2) is 12.6 Å². The summed E-state index contributed by atoms with van der Waals surface area (Å²) in [5, 5.41) is 8.64. The molecule has 4 aromatic heterocycles. The minimum atomic E-state index is -0.0396. The van der Waals surface area contributed by atoms with Gasteiger partial charge in [-0.3, -0.25) is 0 Å². The van der Waals surface area contributed by atoms with Crippen molar-refractivity contribution in [2.75, 3.05) is 6.54 Å². The van der Waals surface area contributed by atoms with Crippen LogP contribution in [0.15, 0.2) is 36.4 Å². The third kappa shape index (κ3) is 7.12. The van der Waals surface area contributed by atoms with Crippen molar-refractivity contribution in [3.05, 3.63) is 46.2 Å². The molecule has 44 heavy (non-hydrogen) atoms. The van der Waals surface area contributed by atoms with E-state index in [1.54, 1.807) is 0 Å². The van der Waals surface area contributed by atoms with E-state index in [9.17, 15) is 0 Å². The second kappa shape index (κ2) is 15.1. The molecule has 0 aliphatic carbocycles. The average Bonchev–Trinajstić information content (AvgIpc) is 3.79. The van der Waals surface area contributed by atoms with E-state index in [1.807, 2.05) is 45.3 Å². The Hall–Kier alpha value is -2.58. The minimum absolute atomic E-state index is 0.0396. The van der Waals surface area contributed by atoms with E-state index in [0.717, 1.165) is 22.7 Å². The van der Waals surface area contributed by atoms with Gasteiger partial charge >= 0.3 is 0 Å². The van der Waals surface area contributed by atoms with Gasteiger partial charge in [0.25, 0.3) is 0 Å². The van der Waals surface area contributed by atoms with Crippen molar-refractivity contribution in [1.82, 2.24) is 5.32 Å². The van der Waals surface area contributed by atoms with Crippen LogP contribution < -0.4 is 11.1 Å². The number of unbranched alkanes of at least 4 members (excludes halogenated alkanes) is 9. The smallest absolute Gasteiger partial charge is 0.0800 e. The summed E-state index contributed by atoms with van der Waals surface area (Å²) in [6, 6.07) is 16.8. The summed E-state index contributed by atoms with van der Waals surface area (Å²) in [4.78, 5) is 2.25. The Labute approximate surface area is 278 Å². The highest BCUT2D eigenvalue weighted by atomic mass is 32.1. The Morgan fingerprint density at radius 1 is 0.614 bits per heavy atom. The maximum absolute atomic E-state index is 6.34. The zero-order valence-electron chi connectivity index (χ0n) is 25.9. The summed E-state index contributed by atoms with van der Waals surface area (Å²) in [6.45, 7) is 5.49. The summed E-state index contributed by atoms with van der Waals surface area (Å²) >= 11 is 7.53. The number of nitrogens with one attached hydrogen (secondary N) is 1. The van der Waals surface area contributed by atoms with Crippen molar-refractivity contribution in [1.29, 1.82) is 0 Å². The molecule has 4 heterocycles. The molecule has 0 fully saturated rings. The van der Waals surface area contributed by atoms with Crippen molar-refractivity contribution in [3.8, 4) is 23.8 Å². The maximum Gasteiger partial charge on any atom is 0.0800 e. The van der Waals surface area contributed by atoms with Crippen molar-refractivity contribution in [3.63, 3.8) is 0 Å². The van der Waals surface area contributed by atoms with Gasteiger partial charge in [-0.15, -0.1) is 45.3 Å². The van der Waals surface area contributed by atoms with Gasteiger partial charge in [0.15, 0.2) is 0 Å². The molecule has 0 spiro atoms. The second-order valence-electron chi connectivity index (χ2n) is 11.8. The van der Waals surface area contributed by atoms with Gasteiger partial charge in [0.1, 0.15) is 0 Å². The Morgan fingerprint density at radius 3 is 1.75 bits per heavy atom. The van der Waals surface area contributed by atoms with Gasteiger partial charge in [-0.05, 0) is 41.7 Å². The third-order valence-electron chi connectivity index (χ3n) is 8.32. The molecular weight excluding hydrogens is 613 g/mol. The molecule has 2 aromatic carbocycles. The SMILES string of the molecule is CCCCCCCCNC#Cc1cc2ccc3c(sc4c5ccc6cc(C#CC(N)CCCCCCC)sc6c5sc34)c2s1. The number of nitrogens with two attached hydrogens (primary N) is 1. The van der Waals surface area contributed by atoms with Gasteiger partial charge in [0.05, 0.1) is 44.0 Å². The standard InChI is InChI=1S/C38H42N2S4/c1-3-5-7-9-11-13-22-40-23-21-30-25-27-16-20-32-36(34(27)42-30)44-37-31-19-15-26-24-29(41-33(26)35(31)43-38(32)37)18-17-28(39)14-12-10-8-6-4-2/h15-16,19-20,24-25,28,40H,3-14,22,39H2,1-2H3. The van der Waals surface area contributed by atoms with E-state index >= 15 is 0 Å². The first-order valence-electron chi connectivity index (χ1n) is 16.4. The lowest BCUT2D eigenvalue weighted by atomic mass is 10.1. The highest BCUT2D eigenvalue weighted by molar-refractivity contribution is 7.40. The third-order valence-corrected chi connectivity index (χ3v) is 13.4. The molecule has 6 heteroatoms. The first-order valence-corrected chi connectivity index (χ1v) is 19.7. The number of rotatable bonds is 13. The molecule has 6 rings (SSSR count). The monoisotopic (exact) mass is 654 g/mol. The molecule has 0 aliphatic rings. The number of thiophene rings is 4. The quantitative estimate of drug-likeness (QED) is 0.0739. The summed E-state index contributed by atoms with van der Waals surface area (Å²) in [7, 11) is 0. The number of benzene rings is 2. The van der Waals surface area contributed by atoms with Crippen LogP contribution in [0.4, 0.5) is 0 Å². The molecule has 1 atom stereocenters.